The molecule has 2 N–H and O–H groups in total. The highest BCUT2D eigenvalue weighted by Gasteiger charge is 2.10. The van der Waals surface area contributed by atoms with Crippen molar-refractivity contribution in [3.8, 4) is 5.75 Å². The van der Waals surface area contributed by atoms with Crippen molar-refractivity contribution in [2.45, 2.75) is 13.5 Å². The van der Waals surface area contributed by atoms with Gasteiger partial charge >= 0.3 is 0 Å². The number of aromatic nitrogens is 2. The largest absolute Gasteiger partial charge is 0.494 e. The summed E-state index contributed by atoms with van der Waals surface area (Å²) >= 11 is 0. The SMILES string of the molecule is CCOc1ccc(NC(=O)c2ccc(NC(=O)Cn3ncc4ccccc4c3=O)cc2)cc1. The number of nitrogens with zero attached hydrogens (tertiary/aromatic N) is 2. The van der Waals surface area contributed by atoms with E-state index in [9.17, 15) is 14.4 Å². The Bertz CT molecular complexity index is 1350. The maximum Gasteiger partial charge on any atom is 0.275 e. The quantitative estimate of drug-likeness (QED) is 0.455. The van der Waals surface area contributed by atoms with Gasteiger partial charge in [-0.15, -0.1) is 0 Å². The number of hydrogen-bond acceptors (Lipinski definition) is 5. The normalized spacial score (nSPS) is 10.6. The summed E-state index contributed by atoms with van der Waals surface area (Å²) in [6.07, 6.45) is 1.56. The lowest BCUT2D eigenvalue weighted by molar-refractivity contribution is -0.117. The van der Waals surface area contributed by atoms with Crippen molar-refractivity contribution in [1.29, 1.82) is 0 Å². The number of fused-ring (bicyclic) bond motifs is 1. The number of rotatable bonds is 7. The molecule has 8 heteroatoms. The van der Waals surface area contributed by atoms with E-state index in [0.29, 0.717) is 28.9 Å². The van der Waals surface area contributed by atoms with Crippen molar-refractivity contribution < 1.29 is 14.3 Å². The molecule has 2 amide bonds. The molecule has 0 atom stereocenters. The van der Waals surface area contributed by atoms with E-state index in [1.807, 2.05) is 13.0 Å². The molecule has 0 bridgehead atoms. The van der Waals surface area contributed by atoms with Crippen molar-refractivity contribution in [3.63, 3.8) is 0 Å². The summed E-state index contributed by atoms with van der Waals surface area (Å²) in [6.45, 7) is 2.26. The van der Waals surface area contributed by atoms with E-state index in [-0.39, 0.29) is 18.0 Å². The van der Waals surface area contributed by atoms with E-state index in [1.54, 1.807) is 72.9 Å². The summed E-state index contributed by atoms with van der Waals surface area (Å²) in [5, 5.41) is 10.8. The molecule has 4 aromatic rings. The highest BCUT2D eigenvalue weighted by Crippen LogP contribution is 2.17. The van der Waals surface area contributed by atoms with E-state index in [0.717, 1.165) is 15.8 Å². The fourth-order valence-corrected chi connectivity index (χ4v) is 3.29. The predicted molar refractivity (Wildman–Crippen MR) is 127 cm³/mol. The Hall–Kier alpha value is -4.46. The van der Waals surface area contributed by atoms with Crippen LogP contribution in [0.5, 0.6) is 5.75 Å². The molecule has 33 heavy (non-hydrogen) atoms. The Morgan fingerprint density at radius 2 is 1.58 bits per heavy atom. The molecular formula is C25H22N4O4. The molecule has 1 heterocycles. The van der Waals surface area contributed by atoms with Crippen molar-refractivity contribution >= 4 is 34.0 Å². The zero-order valence-electron chi connectivity index (χ0n) is 17.9. The van der Waals surface area contributed by atoms with Crippen LogP contribution in [0.1, 0.15) is 17.3 Å². The third-order valence-corrected chi connectivity index (χ3v) is 4.91. The van der Waals surface area contributed by atoms with Gasteiger partial charge in [-0.3, -0.25) is 14.4 Å². The lowest BCUT2D eigenvalue weighted by atomic mass is 10.2. The molecule has 0 aliphatic heterocycles. The van der Waals surface area contributed by atoms with Gasteiger partial charge in [0.25, 0.3) is 11.5 Å². The minimum absolute atomic E-state index is 0.219. The van der Waals surface area contributed by atoms with Crippen LogP contribution in [0.15, 0.2) is 83.8 Å². The van der Waals surface area contributed by atoms with Crippen LogP contribution in [0.4, 0.5) is 11.4 Å². The van der Waals surface area contributed by atoms with Gasteiger partial charge in [0.15, 0.2) is 0 Å². The molecule has 0 spiro atoms. The Kier molecular flexibility index (Phi) is 6.45. The van der Waals surface area contributed by atoms with Gasteiger partial charge in [-0.2, -0.15) is 5.10 Å². The smallest absolute Gasteiger partial charge is 0.275 e. The van der Waals surface area contributed by atoms with Gasteiger partial charge in [0.2, 0.25) is 5.91 Å². The van der Waals surface area contributed by atoms with Crippen LogP contribution in [-0.2, 0) is 11.3 Å². The minimum atomic E-state index is -0.397. The molecule has 8 nitrogen and oxygen atoms in total. The zero-order chi connectivity index (χ0) is 23.2. The Morgan fingerprint density at radius 1 is 0.909 bits per heavy atom. The number of hydrogen-bond donors (Lipinski definition) is 2. The maximum absolute atomic E-state index is 12.5. The third kappa shape index (κ3) is 5.24. The van der Waals surface area contributed by atoms with Crippen molar-refractivity contribution in [2.24, 2.45) is 0 Å². The summed E-state index contributed by atoms with van der Waals surface area (Å²) in [5.41, 5.74) is 1.26. The maximum atomic E-state index is 12.5. The molecule has 0 unspecified atom stereocenters. The highest BCUT2D eigenvalue weighted by atomic mass is 16.5. The van der Waals surface area contributed by atoms with Crippen LogP contribution in [0.2, 0.25) is 0 Å². The molecule has 0 fully saturated rings. The monoisotopic (exact) mass is 442 g/mol. The number of carbonyl (C=O) groups is 2. The number of anilines is 2. The van der Waals surface area contributed by atoms with Gasteiger partial charge in [-0.1, -0.05) is 18.2 Å². The fraction of sp³-hybridized carbons (Fsp3) is 0.120. The second-order valence-electron chi connectivity index (χ2n) is 7.23. The summed E-state index contributed by atoms with van der Waals surface area (Å²) in [4.78, 5) is 37.4. The average molecular weight is 442 g/mol. The van der Waals surface area contributed by atoms with E-state index >= 15 is 0 Å². The molecule has 4 rings (SSSR count). The van der Waals surface area contributed by atoms with Gasteiger partial charge in [0, 0.05) is 22.3 Å². The fourth-order valence-electron chi connectivity index (χ4n) is 3.29. The highest BCUT2D eigenvalue weighted by molar-refractivity contribution is 6.04. The van der Waals surface area contributed by atoms with Gasteiger partial charge in [0.1, 0.15) is 12.3 Å². The Labute approximate surface area is 189 Å². The third-order valence-electron chi connectivity index (χ3n) is 4.91. The van der Waals surface area contributed by atoms with Crippen LogP contribution < -0.4 is 20.9 Å². The predicted octanol–water partition coefficient (Wildman–Crippen LogP) is 3.69. The first-order valence-electron chi connectivity index (χ1n) is 10.4. The first-order valence-corrected chi connectivity index (χ1v) is 10.4. The molecule has 0 aliphatic rings. The molecule has 0 radical (unpaired) electrons. The number of ether oxygens (including phenoxy) is 1. The van der Waals surface area contributed by atoms with E-state index in [1.165, 1.54) is 0 Å². The summed E-state index contributed by atoms with van der Waals surface area (Å²) in [5.74, 6) is 0.0622. The van der Waals surface area contributed by atoms with Crippen LogP contribution >= 0.6 is 0 Å². The second kappa shape index (κ2) is 9.78. The van der Waals surface area contributed by atoms with E-state index in [2.05, 4.69) is 15.7 Å². The second-order valence-corrected chi connectivity index (χ2v) is 7.23. The Balaban J connectivity index is 1.37. The molecule has 3 aromatic carbocycles. The van der Waals surface area contributed by atoms with Crippen molar-refractivity contribution in [2.75, 3.05) is 17.2 Å². The number of amides is 2. The van der Waals surface area contributed by atoms with Crippen LogP contribution in [0.3, 0.4) is 0 Å². The zero-order valence-corrected chi connectivity index (χ0v) is 17.9. The van der Waals surface area contributed by atoms with Crippen LogP contribution in [0.25, 0.3) is 10.8 Å². The Morgan fingerprint density at radius 3 is 2.30 bits per heavy atom. The lowest BCUT2D eigenvalue weighted by Gasteiger charge is -2.09. The summed E-state index contributed by atoms with van der Waals surface area (Å²) < 4.78 is 6.51. The minimum Gasteiger partial charge on any atom is -0.494 e. The van der Waals surface area contributed by atoms with E-state index < -0.39 is 5.91 Å². The number of nitrogens with one attached hydrogen (secondary N) is 2. The van der Waals surface area contributed by atoms with Gasteiger partial charge in [-0.05, 0) is 61.5 Å². The number of carbonyl (C=O) groups excluding carboxylic acids is 2. The number of benzene rings is 3. The summed E-state index contributed by atoms with van der Waals surface area (Å²) in [7, 11) is 0. The lowest BCUT2D eigenvalue weighted by Crippen LogP contribution is -2.29. The molecule has 166 valence electrons. The molecule has 0 aliphatic carbocycles. The summed E-state index contributed by atoms with van der Waals surface area (Å²) in [6, 6.07) is 20.7. The molecule has 0 saturated carbocycles. The first kappa shape index (κ1) is 21.8. The topological polar surface area (TPSA) is 102 Å². The van der Waals surface area contributed by atoms with Crippen LogP contribution in [-0.4, -0.2) is 28.2 Å². The van der Waals surface area contributed by atoms with E-state index in [4.69, 9.17) is 4.74 Å². The van der Waals surface area contributed by atoms with Crippen LogP contribution in [0, 0.1) is 0 Å². The average Bonchev–Trinajstić information content (AvgIpc) is 2.83. The van der Waals surface area contributed by atoms with Crippen molar-refractivity contribution in [1.82, 2.24) is 9.78 Å². The van der Waals surface area contributed by atoms with Gasteiger partial charge in [0.05, 0.1) is 18.2 Å². The van der Waals surface area contributed by atoms with Gasteiger partial charge < -0.3 is 15.4 Å². The molecule has 1 aromatic heterocycles. The van der Waals surface area contributed by atoms with Gasteiger partial charge in [-0.25, -0.2) is 4.68 Å². The first-order chi connectivity index (χ1) is 16.0. The molecule has 0 saturated heterocycles. The molecular weight excluding hydrogens is 420 g/mol. The standard InChI is InChI=1S/C25H22N4O4/c1-2-33-21-13-11-20(12-14-21)28-24(31)17-7-9-19(10-8-17)27-23(30)16-29-25(32)22-6-4-3-5-18(22)15-26-29/h3-15H,2,16H2,1H3,(H,27,30)(H,28,31). The van der Waals surface area contributed by atoms with Crippen molar-refractivity contribution in [3.05, 3.63) is 94.9 Å².